The van der Waals surface area contributed by atoms with E-state index in [1.165, 1.54) is 0 Å². The van der Waals surface area contributed by atoms with Crippen LogP contribution in [0.5, 0.6) is 11.5 Å². The molecule has 0 radical (unpaired) electrons. The lowest BCUT2D eigenvalue weighted by molar-refractivity contribution is -0.137. The van der Waals surface area contributed by atoms with Crippen LogP contribution in [0.4, 0.5) is 9.59 Å². The van der Waals surface area contributed by atoms with Crippen LogP contribution in [0.1, 0.15) is 12.5 Å². The van der Waals surface area contributed by atoms with Gasteiger partial charge in [0.2, 0.25) is 6.79 Å². The molecule has 0 spiro atoms. The molecule has 2 saturated heterocycles. The fraction of sp³-hybridized carbons (Fsp3) is 0.375. The van der Waals surface area contributed by atoms with Gasteiger partial charge in [0.25, 0.3) is 11.8 Å². The number of amides is 6. The number of rotatable bonds is 3. The highest BCUT2D eigenvalue weighted by molar-refractivity contribution is 6.10. The Morgan fingerprint density at radius 1 is 1.19 bits per heavy atom. The highest BCUT2D eigenvalue weighted by Crippen LogP contribution is 2.37. The largest absolute Gasteiger partial charge is 0.454 e. The van der Waals surface area contributed by atoms with Crippen molar-refractivity contribution in [2.75, 3.05) is 26.4 Å². The summed E-state index contributed by atoms with van der Waals surface area (Å²) in [6, 6.07) is 3.72. The second kappa shape index (κ2) is 5.61. The molecule has 10 nitrogen and oxygen atoms in total. The summed E-state index contributed by atoms with van der Waals surface area (Å²) >= 11 is 0. The Bertz CT molecular complexity index is 840. The number of nitrogens with zero attached hydrogens (tertiary/aromatic N) is 2. The number of carbonyl (C=O) groups excluding carboxylic acids is 4. The first kappa shape index (κ1) is 16.2. The normalized spacial score (nSPS) is 24.1. The molecule has 4 rings (SSSR count). The highest BCUT2D eigenvalue weighted by Gasteiger charge is 2.50. The smallest absolute Gasteiger partial charge is 0.325 e. The number of carbonyl (C=O) groups is 4. The van der Waals surface area contributed by atoms with Crippen LogP contribution in [0, 0.1) is 0 Å². The van der Waals surface area contributed by atoms with Gasteiger partial charge < -0.3 is 20.1 Å². The van der Waals surface area contributed by atoms with E-state index in [2.05, 4.69) is 10.6 Å². The first-order chi connectivity index (χ1) is 12.4. The lowest BCUT2D eigenvalue weighted by Crippen LogP contribution is -2.45. The fourth-order valence-corrected chi connectivity index (χ4v) is 3.17. The van der Waals surface area contributed by atoms with Gasteiger partial charge in [0.05, 0.1) is 0 Å². The third kappa shape index (κ3) is 2.33. The van der Waals surface area contributed by atoms with Crippen molar-refractivity contribution in [3.05, 3.63) is 23.8 Å². The summed E-state index contributed by atoms with van der Waals surface area (Å²) in [5.74, 6) is -0.150. The van der Waals surface area contributed by atoms with Gasteiger partial charge in [-0.25, -0.2) is 9.59 Å². The zero-order chi connectivity index (χ0) is 18.5. The van der Waals surface area contributed by atoms with Crippen molar-refractivity contribution in [3.63, 3.8) is 0 Å². The average Bonchev–Trinajstić information content (AvgIpc) is 3.30. The molecule has 3 heterocycles. The summed E-state index contributed by atoms with van der Waals surface area (Å²) in [5.41, 5.74) is -0.833. The molecule has 0 bridgehead atoms. The maximum atomic E-state index is 12.9. The van der Waals surface area contributed by atoms with Crippen LogP contribution in [0.25, 0.3) is 0 Å². The minimum Gasteiger partial charge on any atom is -0.454 e. The summed E-state index contributed by atoms with van der Waals surface area (Å²) in [5, 5.41) is 5.11. The van der Waals surface area contributed by atoms with Crippen LogP contribution in [-0.2, 0) is 15.1 Å². The van der Waals surface area contributed by atoms with Crippen molar-refractivity contribution in [3.8, 4) is 11.5 Å². The third-order valence-electron chi connectivity index (χ3n) is 4.68. The molecule has 3 aliphatic heterocycles. The van der Waals surface area contributed by atoms with E-state index in [9.17, 15) is 19.2 Å². The van der Waals surface area contributed by atoms with E-state index in [1.54, 1.807) is 25.1 Å². The van der Waals surface area contributed by atoms with Gasteiger partial charge in [-0.2, -0.15) is 0 Å². The molecule has 3 aliphatic rings. The quantitative estimate of drug-likeness (QED) is 0.717. The van der Waals surface area contributed by atoms with Crippen molar-refractivity contribution >= 4 is 23.9 Å². The molecular formula is C16H16N4O6. The number of ether oxygens (including phenoxy) is 2. The zero-order valence-corrected chi connectivity index (χ0v) is 13.9. The molecule has 2 N–H and O–H groups in total. The van der Waals surface area contributed by atoms with Gasteiger partial charge in [0.1, 0.15) is 12.1 Å². The molecule has 6 amide bonds. The number of hydrogen-bond acceptors (Lipinski definition) is 6. The first-order valence-corrected chi connectivity index (χ1v) is 8.02. The van der Waals surface area contributed by atoms with E-state index in [-0.39, 0.29) is 13.3 Å². The predicted octanol–water partition coefficient (Wildman–Crippen LogP) is -0.266. The minimum absolute atomic E-state index is 0.0916. The van der Waals surface area contributed by atoms with E-state index >= 15 is 0 Å². The van der Waals surface area contributed by atoms with Crippen LogP contribution >= 0.6 is 0 Å². The molecule has 2 fully saturated rings. The number of nitrogens with one attached hydrogen (secondary N) is 2. The van der Waals surface area contributed by atoms with Gasteiger partial charge in [-0.15, -0.1) is 0 Å². The number of fused-ring (bicyclic) bond motifs is 1. The van der Waals surface area contributed by atoms with Gasteiger partial charge in [0, 0.05) is 13.1 Å². The number of benzene rings is 1. The number of imide groups is 2. The molecule has 1 aromatic rings. The number of urea groups is 2. The first-order valence-electron chi connectivity index (χ1n) is 8.02. The molecule has 0 aliphatic carbocycles. The van der Waals surface area contributed by atoms with Crippen LogP contribution in [0.15, 0.2) is 18.2 Å². The maximum absolute atomic E-state index is 12.9. The van der Waals surface area contributed by atoms with Crippen LogP contribution in [0.2, 0.25) is 0 Å². The molecule has 1 atom stereocenters. The lowest BCUT2D eigenvalue weighted by Gasteiger charge is -2.22. The van der Waals surface area contributed by atoms with Crippen molar-refractivity contribution in [1.82, 2.24) is 20.4 Å². The van der Waals surface area contributed by atoms with Crippen molar-refractivity contribution in [2.24, 2.45) is 0 Å². The van der Waals surface area contributed by atoms with E-state index in [0.717, 1.165) is 9.80 Å². The molecule has 0 aromatic heterocycles. The van der Waals surface area contributed by atoms with Gasteiger partial charge >= 0.3 is 12.1 Å². The zero-order valence-electron chi connectivity index (χ0n) is 13.9. The van der Waals surface area contributed by atoms with Gasteiger partial charge in [0.15, 0.2) is 11.5 Å². The molecule has 0 unspecified atom stereocenters. The fourth-order valence-electron chi connectivity index (χ4n) is 3.17. The topological polar surface area (TPSA) is 117 Å². The highest BCUT2D eigenvalue weighted by atomic mass is 16.7. The summed E-state index contributed by atoms with van der Waals surface area (Å²) in [7, 11) is 0. The van der Waals surface area contributed by atoms with Gasteiger partial charge in [-0.05, 0) is 24.6 Å². The second-order valence-electron chi connectivity index (χ2n) is 6.29. The van der Waals surface area contributed by atoms with Gasteiger partial charge in [-0.3, -0.25) is 19.4 Å². The van der Waals surface area contributed by atoms with E-state index in [1.807, 2.05) is 0 Å². The Hall–Kier alpha value is -3.30. The monoisotopic (exact) mass is 360 g/mol. The van der Waals surface area contributed by atoms with Crippen LogP contribution in [-0.4, -0.2) is 60.1 Å². The lowest BCUT2D eigenvalue weighted by atomic mass is 9.91. The standard InChI is InChI=1S/C16H16N4O6/c1-16(9-2-3-10-11(6-9)26-8-25-10)13(22)20(15(24)18-16)7-12(21)19-5-4-17-14(19)23/h2-3,6H,4-5,7-8H2,1H3,(H,17,23)(H,18,24)/t16-/m0/s1. The molecule has 10 heteroatoms. The van der Waals surface area contributed by atoms with E-state index in [4.69, 9.17) is 9.47 Å². The Balaban J connectivity index is 1.56. The van der Waals surface area contributed by atoms with Crippen LogP contribution < -0.4 is 20.1 Å². The third-order valence-corrected chi connectivity index (χ3v) is 4.68. The SMILES string of the molecule is C[C@@]1(c2ccc3c(c2)OCO3)NC(=O)N(CC(=O)N2CCNC2=O)C1=O. The summed E-state index contributed by atoms with van der Waals surface area (Å²) < 4.78 is 10.6. The maximum Gasteiger partial charge on any atom is 0.325 e. The Kier molecular flexibility index (Phi) is 3.49. The molecule has 26 heavy (non-hydrogen) atoms. The van der Waals surface area contributed by atoms with Crippen molar-refractivity contribution < 1.29 is 28.7 Å². The second-order valence-corrected chi connectivity index (χ2v) is 6.29. The Labute approximate surface area is 148 Å². The van der Waals surface area contributed by atoms with Gasteiger partial charge in [-0.1, -0.05) is 6.07 Å². The summed E-state index contributed by atoms with van der Waals surface area (Å²) in [6.07, 6.45) is 0. The molecular weight excluding hydrogens is 344 g/mol. The van der Waals surface area contributed by atoms with Crippen molar-refractivity contribution in [2.45, 2.75) is 12.5 Å². The van der Waals surface area contributed by atoms with E-state index in [0.29, 0.717) is 23.6 Å². The molecule has 1 aromatic carbocycles. The van der Waals surface area contributed by atoms with Crippen LogP contribution in [0.3, 0.4) is 0 Å². The molecule has 136 valence electrons. The minimum atomic E-state index is -1.34. The van der Waals surface area contributed by atoms with E-state index < -0.39 is 36.0 Å². The molecule has 0 saturated carbocycles. The predicted molar refractivity (Wildman–Crippen MR) is 85.3 cm³/mol. The Morgan fingerprint density at radius 3 is 2.69 bits per heavy atom. The summed E-state index contributed by atoms with van der Waals surface area (Å²) in [6.45, 7) is 1.70. The summed E-state index contributed by atoms with van der Waals surface area (Å²) in [4.78, 5) is 50.8. The van der Waals surface area contributed by atoms with Crippen molar-refractivity contribution in [1.29, 1.82) is 0 Å². The Morgan fingerprint density at radius 2 is 1.96 bits per heavy atom. The number of hydrogen-bond donors (Lipinski definition) is 2. The average molecular weight is 360 g/mol.